The van der Waals surface area contributed by atoms with Gasteiger partial charge in [0.2, 0.25) is 5.95 Å². The van der Waals surface area contributed by atoms with Crippen LogP contribution < -0.4 is 10.6 Å². The molecule has 2 N–H and O–H groups in total. The first-order valence-electron chi connectivity index (χ1n) is 6.47. The fourth-order valence-corrected chi connectivity index (χ4v) is 2.25. The molecule has 1 unspecified atom stereocenters. The number of nitrogens with zero attached hydrogens (tertiary/aromatic N) is 4. The number of hydrogen-bond acceptors (Lipinski definition) is 5. The predicted molar refractivity (Wildman–Crippen MR) is 68.0 cm³/mol. The van der Waals surface area contributed by atoms with Crippen LogP contribution in [0.15, 0.2) is 0 Å². The highest BCUT2D eigenvalue weighted by molar-refractivity contribution is 5.31. The van der Waals surface area contributed by atoms with Crippen LogP contribution in [0.25, 0.3) is 0 Å². The monoisotopic (exact) mass is 235 g/mol. The van der Waals surface area contributed by atoms with Crippen molar-refractivity contribution >= 4 is 5.95 Å². The lowest BCUT2D eigenvalue weighted by molar-refractivity contribution is 0.497. The number of anilines is 1. The van der Waals surface area contributed by atoms with Gasteiger partial charge in [-0.2, -0.15) is 5.10 Å². The third-order valence-corrected chi connectivity index (χ3v) is 3.24. The van der Waals surface area contributed by atoms with Gasteiger partial charge in [-0.25, -0.2) is 4.98 Å². The summed E-state index contributed by atoms with van der Waals surface area (Å²) in [5.41, 5.74) is 8.05. The minimum Gasteiger partial charge on any atom is -0.338 e. The molecular weight excluding hydrogens is 214 g/mol. The minimum atomic E-state index is 0.239. The van der Waals surface area contributed by atoms with Crippen LogP contribution in [0.5, 0.6) is 0 Å². The Hall–Kier alpha value is -1.23. The van der Waals surface area contributed by atoms with Crippen molar-refractivity contribution < 1.29 is 0 Å². The molecule has 2 rings (SSSR count). The minimum absolute atomic E-state index is 0.239. The van der Waals surface area contributed by atoms with Crippen LogP contribution in [-0.4, -0.2) is 34.3 Å². The first-order chi connectivity index (χ1) is 8.24. The van der Waals surface area contributed by atoms with E-state index in [9.17, 15) is 0 Å². The van der Waals surface area contributed by atoms with Crippen LogP contribution in [0, 0.1) is 0 Å². The van der Waals surface area contributed by atoms with Gasteiger partial charge in [-0.3, -0.25) is 0 Å². The van der Waals surface area contributed by atoms with Gasteiger partial charge >= 0.3 is 0 Å². The van der Waals surface area contributed by atoms with E-state index in [1.54, 1.807) is 0 Å². The predicted octanol–water partition coefficient (Wildman–Crippen LogP) is 0.924. The Balaban J connectivity index is 2.20. The maximum absolute atomic E-state index is 5.97. The Bertz CT molecular complexity index is 379. The largest absolute Gasteiger partial charge is 0.338 e. The molecule has 1 saturated heterocycles. The zero-order valence-corrected chi connectivity index (χ0v) is 10.7. The van der Waals surface area contributed by atoms with Gasteiger partial charge in [0.1, 0.15) is 0 Å². The normalized spacial score (nSPS) is 20.6. The lowest BCUT2D eigenvalue weighted by Crippen LogP contribution is -2.43. The Labute approximate surface area is 102 Å². The molecule has 5 heteroatoms. The number of rotatable bonds is 3. The number of hydrogen-bond donors (Lipinski definition) is 1. The molecule has 0 spiro atoms. The van der Waals surface area contributed by atoms with Crippen molar-refractivity contribution in [3.63, 3.8) is 0 Å². The molecule has 0 saturated carbocycles. The van der Waals surface area contributed by atoms with Crippen LogP contribution in [0.4, 0.5) is 5.95 Å². The molecule has 1 fully saturated rings. The summed E-state index contributed by atoms with van der Waals surface area (Å²) in [6, 6.07) is 0.239. The molecule has 0 radical (unpaired) electrons. The molecule has 0 aliphatic carbocycles. The quantitative estimate of drug-likeness (QED) is 0.844. The summed E-state index contributed by atoms with van der Waals surface area (Å²) >= 11 is 0. The summed E-state index contributed by atoms with van der Waals surface area (Å²) in [6.45, 7) is 6.02. The summed E-state index contributed by atoms with van der Waals surface area (Å²) in [5.74, 6) is 0.745. The van der Waals surface area contributed by atoms with Gasteiger partial charge in [0.15, 0.2) is 0 Å². The maximum Gasteiger partial charge on any atom is 0.245 e. The van der Waals surface area contributed by atoms with Gasteiger partial charge in [-0.15, -0.1) is 5.10 Å². The summed E-state index contributed by atoms with van der Waals surface area (Å²) in [5, 5.41) is 8.50. The topological polar surface area (TPSA) is 67.9 Å². The smallest absolute Gasteiger partial charge is 0.245 e. The highest BCUT2D eigenvalue weighted by Gasteiger charge is 2.20. The zero-order valence-electron chi connectivity index (χ0n) is 10.7. The standard InChI is InChI=1S/C12H21N5/c1-3-10-11(4-2)15-16-12(14-10)17-7-5-6-9(13)8-17/h9H,3-8,13H2,1-2H3. The van der Waals surface area contributed by atoms with Crippen LogP contribution in [0.1, 0.15) is 38.1 Å². The van der Waals surface area contributed by atoms with E-state index in [1.165, 1.54) is 0 Å². The van der Waals surface area contributed by atoms with Gasteiger partial charge in [0.05, 0.1) is 11.4 Å². The molecule has 0 amide bonds. The van der Waals surface area contributed by atoms with Crippen LogP contribution in [0.2, 0.25) is 0 Å². The molecule has 94 valence electrons. The maximum atomic E-state index is 5.97. The first-order valence-corrected chi connectivity index (χ1v) is 6.47. The van der Waals surface area contributed by atoms with Crippen LogP contribution in [-0.2, 0) is 12.8 Å². The van der Waals surface area contributed by atoms with Crippen LogP contribution in [0.3, 0.4) is 0 Å². The van der Waals surface area contributed by atoms with Gasteiger partial charge < -0.3 is 10.6 Å². The molecule has 1 aliphatic rings. The summed E-state index contributed by atoms with van der Waals surface area (Å²) in [7, 11) is 0. The van der Waals surface area contributed by atoms with Crippen molar-refractivity contribution in [1.29, 1.82) is 0 Å². The average molecular weight is 235 g/mol. The lowest BCUT2D eigenvalue weighted by atomic mass is 10.1. The number of aryl methyl sites for hydroxylation is 2. The van der Waals surface area contributed by atoms with Crippen molar-refractivity contribution in [2.24, 2.45) is 5.73 Å². The van der Waals surface area contributed by atoms with E-state index in [4.69, 9.17) is 5.73 Å². The molecular formula is C12H21N5. The van der Waals surface area contributed by atoms with Crippen molar-refractivity contribution in [1.82, 2.24) is 15.2 Å². The summed E-state index contributed by atoms with van der Waals surface area (Å²) in [4.78, 5) is 6.77. The van der Waals surface area contributed by atoms with E-state index < -0.39 is 0 Å². The second-order valence-corrected chi connectivity index (χ2v) is 4.56. The SMILES string of the molecule is CCc1nnc(N2CCCC(N)C2)nc1CC. The van der Waals surface area contributed by atoms with Gasteiger partial charge in [0, 0.05) is 19.1 Å². The van der Waals surface area contributed by atoms with Crippen molar-refractivity contribution in [3.05, 3.63) is 11.4 Å². The van der Waals surface area contributed by atoms with Crippen molar-refractivity contribution in [3.8, 4) is 0 Å². The van der Waals surface area contributed by atoms with E-state index in [0.717, 1.165) is 56.1 Å². The van der Waals surface area contributed by atoms with E-state index in [2.05, 4.69) is 33.9 Å². The molecule has 2 heterocycles. The zero-order chi connectivity index (χ0) is 12.3. The van der Waals surface area contributed by atoms with Crippen molar-refractivity contribution in [2.75, 3.05) is 18.0 Å². The fourth-order valence-electron chi connectivity index (χ4n) is 2.25. The Morgan fingerprint density at radius 1 is 1.24 bits per heavy atom. The van der Waals surface area contributed by atoms with E-state index >= 15 is 0 Å². The van der Waals surface area contributed by atoms with Gasteiger partial charge in [-0.05, 0) is 25.7 Å². The molecule has 0 aromatic carbocycles. The van der Waals surface area contributed by atoms with Gasteiger partial charge in [-0.1, -0.05) is 13.8 Å². The van der Waals surface area contributed by atoms with Crippen LogP contribution >= 0.6 is 0 Å². The van der Waals surface area contributed by atoms with E-state index in [1.807, 2.05) is 0 Å². The third-order valence-electron chi connectivity index (χ3n) is 3.24. The highest BCUT2D eigenvalue weighted by Crippen LogP contribution is 2.16. The molecule has 1 atom stereocenters. The second kappa shape index (κ2) is 5.40. The first kappa shape index (κ1) is 12.2. The van der Waals surface area contributed by atoms with Gasteiger partial charge in [0.25, 0.3) is 0 Å². The van der Waals surface area contributed by atoms with E-state index in [0.29, 0.717) is 0 Å². The lowest BCUT2D eigenvalue weighted by Gasteiger charge is -2.30. The number of nitrogens with two attached hydrogens (primary N) is 1. The Kier molecular flexibility index (Phi) is 3.89. The Morgan fingerprint density at radius 3 is 2.65 bits per heavy atom. The average Bonchev–Trinajstić information content (AvgIpc) is 2.38. The summed E-state index contributed by atoms with van der Waals surface area (Å²) in [6.07, 6.45) is 4.01. The Morgan fingerprint density at radius 2 is 2.00 bits per heavy atom. The summed E-state index contributed by atoms with van der Waals surface area (Å²) < 4.78 is 0. The molecule has 1 aromatic heterocycles. The second-order valence-electron chi connectivity index (χ2n) is 4.56. The fraction of sp³-hybridized carbons (Fsp3) is 0.750. The third kappa shape index (κ3) is 2.72. The number of piperidine rings is 1. The molecule has 0 bridgehead atoms. The molecule has 5 nitrogen and oxygen atoms in total. The highest BCUT2D eigenvalue weighted by atomic mass is 15.3. The van der Waals surface area contributed by atoms with Crippen molar-refractivity contribution in [2.45, 2.75) is 45.6 Å². The molecule has 1 aromatic rings. The molecule has 1 aliphatic heterocycles. The molecule has 17 heavy (non-hydrogen) atoms. The number of aromatic nitrogens is 3. The van der Waals surface area contributed by atoms with E-state index in [-0.39, 0.29) is 6.04 Å².